The Morgan fingerprint density at radius 1 is 1.14 bits per heavy atom. The maximum atomic E-state index is 12.7. The fourth-order valence-electron chi connectivity index (χ4n) is 2.82. The number of fused-ring (bicyclic) bond motifs is 1. The van der Waals surface area contributed by atoms with Crippen molar-refractivity contribution in [1.29, 1.82) is 0 Å². The lowest BCUT2D eigenvalue weighted by atomic mass is 9.94. The molecule has 0 bridgehead atoms. The first kappa shape index (κ1) is 14.9. The molecule has 1 aliphatic rings. The summed E-state index contributed by atoms with van der Waals surface area (Å²) >= 11 is 5.93. The lowest BCUT2D eigenvalue weighted by Crippen LogP contribution is -2.48. The van der Waals surface area contributed by atoms with Gasteiger partial charge in [-0.3, -0.25) is 4.90 Å². The van der Waals surface area contributed by atoms with E-state index in [9.17, 15) is 4.79 Å². The number of nitrogens with zero attached hydrogens (tertiary/aromatic N) is 1. The summed E-state index contributed by atoms with van der Waals surface area (Å²) in [6.07, 6.45) is 0.908. The SMILES string of the molecule is CC(C)(NC(=O)N1CCc2ccccc21)c1ccc(Cl)cc1. The van der Waals surface area contributed by atoms with Crippen LogP contribution in [0, 0.1) is 0 Å². The summed E-state index contributed by atoms with van der Waals surface area (Å²) in [5, 5.41) is 3.81. The molecule has 1 heterocycles. The molecule has 0 saturated carbocycles. The van der Waals surface area contributed by atoms with Crippen molar-refractivity contribution in [2.45, 2.75) is 25.8 Å². The number of amides is 2. The topological polar surface area (TPSA) is 32.3 Å². The van der Waals surface area contributed by atoms with E-state index in [1.54, 1.807) is 0 Å². The number of rotatable bonds is 2. The van der Waals surface area contributed by atoms with Gasteiger partial charge >= 0.3 is 6.03 Å². The molecule has 3 rings (SSSR count). The summed E-state index contributed by atoms with van der Waals surface area (Å²) in [7, 11) is 0. The molecule has 0 aromatic heterocycles. The number of benzene rings is 2. The number of hydrogen-bond acceptors (Lipinski definition) is 1. The van der Waals surface area contributed by atoms with Crippen LogP contribution in [-0.4, -0.2) is 12.6 Å². The van der Waals surface area contributed by atoms with E-state index < -0.39 is 5.54 Å². The van der Waals surface area contributed by atoms with Crippen LogP contribution in [0.25, 0.3) is 0 Å². The van der Waals surface area contributed by atoms with E-state index in [4.69, 9.17) is 11.6 Å². The number of carbonyl (C=O) groups is 1. The molecule has 0 radical (unpaired) electrons. The average Bonchev–Trinajstić information content (AvgIpc) is 2.91. The minimum atomic E-state index is -0.459. The molecule has 0 aliphatic carbocycles. The zero-order chi connectivity index (χ0) is 15.7. The second-order valence-electron chi connectivity index (χ2n) is 6.09. The summed E-state index contributed by atoms with van der Waals surface area (Å²) in [6, 6.07) is 15.6. The van der Waals surface area contributed by atoms with E-state index in [0.29, 0.717) is 5.02 Å². The monoisotopic (exact) mass is 314 g/mol. The van der Waals surface area contributed by atoms with Crippen LogP contribution >= 0.6 is 11.6 Å². The third-order valence-corrected chi connectivity index (χ3v) is 4.37. The second-order valence-corrected chi connectivity index (χ2v) is 6.53. The van der Waals surface area contributed by atoms with Gasteiger partial charge in [-0.05, 0) is 49.6 Å². The van der Waals surface area contributed by atoms with Crippen LogP contribution in [0.3, 0.4) is 0 Å². The molecular weight excluding hydrogens is 296 g/mol. The molecule has 0 fully saturated rings. The summed E-state index contributed by atoms with van der Waals surface area (Å²) in [4.78, 5) is 14.5. The normalized spacial score (nSPS) is 13.9. The zero-order valence-corrected chi connectivity index (χ0v) is 13.5. The van der Waals surface area contributed by atoms with Gasteiger partial charge in [-0.1, -0.05) is 41.9 Å². The number of carbonyl (C=O) groups excluding carboxylic acids is 1. The van der Waals surface area contributed by atoms with Crippen molar-refractivity contribution in [2.75, 3.05) is 11.4 Å². The number of urea groups is 1. The number of halogens is 1. The van der Waals surface area contributed by atoms with Crippen LogP contribution in [0.1, 0.15) is 25.0 Å². The molecule has 2 amide bonds. The highest BCUT2D eigenvalue weighted by molar-refractivity contribution is 6.30. The first-order valence-electron chi connectivity index (χ1n) is 7.41. The van der Waals surface area contributed by atoms with Crippen molar-refractivity contribution in [3.63, 3.8) is 0 Å². The Morgan fingerprint density at radius 3 is 2.55 bits per heavy atom. The van der Waals surface area contributed by atoms with Crippen molar-refractivity contribution < 1.29 is 4.79 Å². The van der Waals surface area contributed by atoms with Crippen LogP contribution in [0.2, 0.25) is 5.02 Å². The molecule has 0 unspecified atom stereocenters. The molecule has 3 nitrogen and oxygen atoms in total. The quantitative estimate of drug-likeness (QED) is 0.878. The minimum Gasteiger partial charge on any atom is -0.329 e. The molecule has 4 heteroatoms. The molecule has 22 heavy (non-hydrogen) atoms. The Balaban J connectivity index is 1.78. The maximum Gasteiger partial charge on any atom is 0.322 e. The van der Waals surface area contributed by atoms with E-state index in [0.717, 1.165) is 24.2 Å². The van der Waals surface area contributed by atoms with Crippen LogP contribution in [0.5, 0.6) is 0 Å². The highest BCUT2D eigenvalue weighted by Gasteiger charge is 2.29. The van der Waals surface area contributed by atoms with Gasteiger partial charge in [-0.15, -0.1) is 0 Å². The van der Waals surface area contributed by atoms with Gasteiger partial charge in [0.2, 0.25) is 0 Å². The van der Waals surface area contributed by atoms with Crippen LogP contribution in [0.15, 0.2) is 48.5 Å². The van der Waals surface area contributed by atoms with E-state index in [1.165, 1.54) is 5.56 Å². The zero-order valence-electron chi connectivity index (χ0n) is 12.8. The van der Waals surface area contributed by atoms with Crippen LogP contribution in [-0.2, 0) is 12.0 Å². The van der Waals surface area contributed by atoms with Gasteiger partial charge in [0.05, 0.1) is 5.54 Å². The fraction of sp³-hybridized carbons (Fsp3) is 0.278. The standard InChI is InChI=1S/C18H19ClN2O/c1-18(2,14-7-9-15(19)10-8-14)20-17(22)21-12-11-13-5-3-4-6-16(13)21/h3-10H,11-12H2,1-2H3,(H,20,22). The van der Waals surface area contributed by atoms with Crippen molar-refractivity contribution >= 4 is 23.3 Å². The molecule has 1 aliphatic heterocycles. The number of nitrogens with one attached hydrogen (secondary N) is 1. The lowest BCUT2D eigenvalue weighted by Gasteiger charge is -2.30. The van der Waals surface area contributed by atoms with E-state index in [1.807, 2.05) is 61.2 Å². The molecular formula is C18H19ClN2O. The minimum absolute atomic E-state index is 0.0649. The Morgan fingerprint density at radius 2 is 1.82 bits per heavy atom. The van der Waals surface area contributed by atoms with Crippen molar-refractivity contribution in [3.8, 4) is 0 Å². The molecule has 2 aromatic carbocycles. The summed E-state index contributed by atoms with van der Waals surface area (Å²) < 4.78 is 0. The molecule has 114 valence electrons. The van der Waals surface area contributed by atoms with Gasteiger partial charge in [0.15, 0.2) is 0 Å². The number of hydrogen-bond donors (Lipinski definition) is 1. The van der Waals surface area contributed by atoms with Crippen molar-refractivity contribution in [2.24, 2.45) is 0 Å². The number of para-hydroxylation sites is 1. The van der Waals surface area contributed by atoms with Gasteiger partial charge < -0.3 is 5.32 Å². The van der Waals surface area contributed by atoms with Gasteiger partial charge in [0.1, 0.15) is 0 Å². The molecule has 2 aromatic rings. The third-order valence-electron chi connectivity index (χ3n) is 4.12. The number of anilines is 1. The summed E-state index contributed by atoms with van der Waals surface area (Å²) in [5.74, 6) is 0. The van der Waals surface area contributed by atoms with Gasteiger partial charge in [-0.25, -0.2) is 4.79 Å². The summed E-state index contributed by atoms with van der Waals surface area (Å²) in [6.45, 7) is 4.72. The van der Waals surface area contributed by atoms with Gasteiger partial charge in [-0.2, -0.15) is 0 Å². The predicted molar refractivity (Wildman–Crippen MR) is 90.5 cm³/mol. The van der Waals surface area contributed by atoms with E-state index in [-0.39, 0.29) is 6.03 Å². The molecule has 0 saturated heterocycles. The van der Waals surface area contributed by atoms with Crippen LogP contribution in [0.4, 0.5) is 10.5 Å². The third kappa shape index (κ3) is 2.81. The highest BCUT2D eigenvalue weighted by Crippen LogP contribution is 2.29. The smallest absolute Gasteiger partial charge is 0.322 e. The Hall–Kier alpha value is -2.00. The molecule has 0 spiro atoms. The van der Waals surface area contributed by atoms with E-state index in [2.05, 4.69) is 11.4 Å². The Labute approximate surface area is 135 Å². The predicted octanol–water partition coefficient (Wildman–Crippen LogP) is 4.35. The van der Waals surface area contributed by atoms with Crippen LogP contribution < -0.4 is 10.2 Å². The van der Waals surface area contributed by atoms with Gasteiger partial charge in [0, 0.05) is 17.3 Å². The maximum absolute atomic E-state index is 12.7. The largest absolute Gasteiger partial charge is 0.329 e. The summed E-state index contributed by atoms with van der Waals surface area (Å²) in [5.41, 5.74) is 2.80. The highest BCUT2D eigenvalue weighted by atomic mass is 35.5. The first-order chi connectivity index (χ1) is 10.5. The fourth-order valence-corrected chi connectivity index (χ4v) is 2.95. The molecule has 0 atom stereocenters. The van der Waals surface area contributed by atoms with E-state index >= 15 is 0 Å². The first-order valence-corrected chi connectivity index (χ1v) is 7.79. The van der Waals surface area contributed by atoms with Crippen molar-refractivity contribution in [1.82, 2.24) is 5.32 Å². The van der Waals surface area contributed by atoms with Crippen molar-refractivity contribution in [3.05, 3.63) is 64.7 Å². The molecule has 1 N–H and O–H groups in total. The van der Waals surface area contributed by atoms with Gasteiger partial charge in [0.25, 0.3) is 0 Å². The lowest BCUT2D eigenvalue weighted by molar-refractivity contribution is 0.236. The Bertz CT molecular complexity index is 694. The Kier molecular flexibility index (Phi) is 3.83. The second kappa shape index (κ2) is 5.65. The average molecular weight is 315 g/mol.